The fourth-order valence-electron chi connectivity index (χ4n) is 1.38. The summed E-state index contributed by atoms with van der Waals surface area (Å²) in [4.78, 5) is 0. The van der Waals surface area contributed by atoms with Gasteiger partial charge in [0.2, 0.25) is 0 Å². The van der Waals surface area contributed by atoms with Crippen LogP contribution in [0.2, 0.25) is 0 Å². The molecular formula is C12H10F3NOS. The summed E-state index contributed by atoms with van der Waals surface area (Å²) < 4.78 is 39.6. The van der Waals surface area contributed by atoms with Gasteiger partial charge in [-0.2, -0.15) is 11.3 Å². The minimum absolute atomic E-state index is 0.207. The zero-order chi connectivity index (χ0) is 13.0. The van der Waals surface area contributed by atoms with Gasteiger partial charge in [-0.15, -0.1) is 13.2 Å². The van der Waals surface area contributed by atoms with Gasteiger partial charge in [-0.3, -0.25) is 0 Å². The smallest absolute Gasteiger partial charge is 0.406 e. The van der Waals surface area contributed by atoms with Crippen molar-refractivity contribution in [2.24, 2.45) is 0 Å². The average molecular weight is 273 g/mol. The highest BCUT2D eigenvalue weighted by atomic mass is 32.1. The Morgan fingerprint density at radius 2 is 1.83 bits per heavy atom. The first-order valence-electron chi connectivity index (χ1n) is 5.14. The lowest BCUT2D eigenvalue weighted by Gasteiger charge is -2.09. The second kappa shape index (κ2) is 5.30. The molecule has 0 spiro atoms. The van der Waals surface area contributed by atoms with Crippen molar-refractivity contribution in [3.8, 4) is 5.75 Å². The summed E-state index contributed by atoms with van der Waals surface area (Å²) in [6, 6.07) is 7.74. The van der Waals surface area contributed by atoms with Crippen LogP contribution in [0.5, 0.6) is 5.75 Å². The Morgan fingerprint density at radius 1 is 1.11 bits per heavy atom. The van der Waals surface area contributed by atoms with Gasteiger partial charge in [0.25, 0.3) is 0 Å². The largest absolute Gasteiger partial charge is 0.573 e. The van der Waals surface area contributed by atoms with E-state index in [1.165, 1.54) is 12.1 Å². The molecule has 6 heteroatoms. The summed E-state index contributed by atoms with van der Waals surface area (Å²) in [6.45, 7) is 0.559. The van der Waals surface area contributed by atoms with Crippen LogP contribution in [0.15, 0.2) is 41.1 Å². The molecule has 0 radical (unpaired) electrons. The number of thiophene rings is 1. The molecule has 0 aliphatic rings. The standard InChI is InChI=1S/C12H10F3NOS/c13-12(14,15)17-11-3-1-9(2-4-11)7-16-10-5-6-18-8-10/h1-6,8,16H,7H2. The Morgan fingerprint density at radius 3 is 2.39 bits per heavy atom. The molecule has 1 aromatic heterocycles. The molecule has 0 aliphatic heterocycles. The van der Waals surface area contributed by atoms with Crippen LogP contribution in [0.1, 0.15) is 5.56 Å². The predicted molar refractivity (Wildman–Crippen MR) is 64.8 cm³/mol. The maximum atomic E-state index is 11.9. The highest BCUT2D eigenvalue weighted by Crippen LogP contribution is 2.23. The molecule has 0 fully saturated rings. The molecule has 2 nitrogen and oxygen atoms in total. The van der Waals surface area contributed by atoms with Gasteiger partial charge in [0, 0.05) is 17.6 Å². The Bertz CT molecular complexity index is 479. The number of anilines is 1. The van der Waals surface area contributed by atoms with E-state index in [-0.39, 0.29) is 5.75 Å². The maximum absolute atomic E-state index is 11.9. The summed E-state index contributed by atoms with van der Waals surface area (Å²) >= 11 is 1.58. The van der Waals surface area contributed by atoms with Gasteiger partial charge >= 0.3 is 6.36 Å². The summed E-state index contributed by atoms with van der Waals surface area (Å²) in [6.07, 6.45) is -4.64. The van der Waals surface area contributed by atoms with Crippen LogP contribution < -0.4 is 10.1 Å². The number of hydrogen-bond acceptors (Lipinski definition) is 3. The minimum Gasteiger partial charge on any atom is -0.406 e. The molecule has 0 saturated carbocycles. The highest BCUT2D eigenvalue weighted by Gasteiger charge is 2.30. The first-order chi connectivity index (χ1) is 8.53. The van der Waals surface area contributed by atoms with Crippen molar-refractivity contribution in [3.63, 3.8) is 0 Å². The second-order valence-corrected chi connectivity index (χ2v) is 4.34. The number of halogens is 3. The van der Waals surface area contributed by atoms with Crippen molar-refractivity contribution in [3.05, 3.63) is 46.7 Å². The van der Waals surface area contributed by atoms with Gasteiger partial charge in [0.15, 0.2) is 0 Å². The van der Waals surface area contributed by atoms with Crippen LogP contribution in [0.3, 0.4) is 0 Å². The number of rotatable bonds is 4. The quantitative estimate of drug-likeness (QED) is 0.898. The predicted octanol–water partition coefficient (Wildman–Crippen LogP) is 4.26. The molecule has 0 amide bonds. The van der Waals surface area contributed by atoms with Crippen LogP contribution in [0.25, 0.3) is 0 Å². The van der Waals surface area contributed by atoms with Gasteiger partial charge in [-0.1, -0.05) is 12.1 Å². The maximum Gasteiger partial charge on any atom is 0.573 e. The van der Waals surface area contributed by atoms with Gasteiger partial charge < -0.3 is 10.1 Å². The van der Waals surface area contributed by atoms with Crippen LogP contribution in [-0.4, -0.2) is 6.36 Å². The molecule has 2 rings (SSSR count). The molecule has 1 N–H and O–H groups in total. The molecular weight excluding hydrogens is 263 g/mol. The Hall–Kier alpha value is -1.69. The zero-order valence-electron chi connectivity index (χ0n) is 9.20. The van der Waals surface area contributed by atoms with Crippen molar-refractivity contribution in [2.75, 3.05) is 5.32 Å². The van der Waals surface area contributed by atoms with Crippen LogP contribution in [0, 0.1) is 0 Å². The Balaban J connectivity index is 1.91. The van der Waals surface area contributed by atoms with Crippen molar-refractivity contribution < 1.29 is 17.9 Å². The van der Waals surface area contributed by atoms with Crippen molar-refractivity contribution in [1.82, 2.24) is 0 Å². The number of nitrogens with one attached hydrogen (secondary N) is 1. The number of alkyl halides is 3. The van der Waals surface area contributed by atoms with E-state index in [0.717, 1.165) is 11.3 Å². The van der Waals surface area contributed by atoms with E-state index in [4.69, 9.17) is 0 Å². The molecule has 0 unspecified atom stereocenters. The summed E-state index contributed by atoms with van der Waals surface area (Å²) in [5.74, 6) is -0.207. The first kappa shape index (κ1) is 12.8. The van der Waals surface area contributed by atoms with Gasteiger partial charge in [-0.25, -0.2) is 0 Å². The first-order valence-corrected chi connectivity index (χ1v) is 6.08. The van der Waals surface area contributed by atoms with Crippen molar-refractivity contribution >= 4 is 17.0 Å². The lowest BCUT2D eigenvalue weighted by molar-refractivity contribution is -0.274. The third-order valence-electron chi connectivity index (χ3n) is 2.17. The molecule has 0 atom stereocenters. The second-order valence-electron chi connectivity index (χ2n) is 3.56. The van der Waals surface area contributed by atoms with Crippen LogP contribution in [0.4, 0.5) is 18.9 Å². The van der Waals surface area contributed by atoms with Gasteiger partial charge in [-0.05, 0) is 29.1 Å². The number of hydrogen-bond donors (Lipinski definition) is 1. The topological polar surface area (TPSA) is 21.3 Å². The van der Waals surface area contributed by atoms with Crippen LogP contribution >= 0.6 is 11.3 Å². The fraction of sp³-hybridized carbons (Fsp3) is 0.167. The number of ether oxygens (including phenoxy) is 1. The fourth-order valence-corrected chi connectivity index (χ4v) is 1.99. The number of benzene rings is 1. The normalized spacial score (nSPS) is 11.3. The van der Waals surface area contributed by atoms with E-state index >= 15 is 0 Å². The lowest BCUT2D eigenvalue weighted by Crippen LogP contribution is -2.17. The van der Waals surface area contributed by atoms with Crippen molar-refractivity contribution in [1.29, 1.82) is 0 Å². The molecule has 96 valence electrons. The van der Waals surface area contributed by atoms with Crippen molar-refractivity contribution in [2.45, 2.75) is 12.9 Å². The van der Waals surface area contributed by atoms with E-state index in [0.29, 0.717) is 6.54 Å². The summed E-state index contributed by atoms with van der Waals surface area (Å²) in [7, 11) is 0. The molecule has 2 aromatic rings. The molecule has 0 aliphatic carbocycles. The Labute approximate surface area is 106 Å². The van der Waals surface area contributed by atoms with E-state index in [1.807, 2.05) is 16.8 Å². The average Bonchev–Trinajstić information content (AvgIpc) is 2.79. The highest BCUT2D eigenvalue weighted by molar-refractivity contribution is 7.08. The van der Waals surface area contributed by atoms with Gasteiger partial charge in [0.1, 0.15) is 5.75 Å². The van der Waals surface area contributed by atoms with E-state index in [9.17, 15) is 13.2 Å². The summed E-state index contributed by atoms with van der Waals surface area (Å²) in [5.41, 5.74) is 1.88. The van der Waals surface area contributed by atoms with Crippen LogP contribution in [-0.2, 0) is 6.54 Å². The minimum atomic E-state index is -4.64. The van der Waals surface area contributed by atoms with E-state index in [2.05, 4.69) is 10.1 Å². The van der Waals surface area contributed by atoms with E-state index < -0.39 is 6.36 Å². The van der Waals surface area contributed by atoms with Gasteiger partial charge in [0.05, 0.1) is 0 Å². The van der Waals surface area contributed by atoms with E-state index in [1.54, 1.807) is 23.5 Å². The molecule has 0 saturated heterocycles. The third kappa shape index (κ3) is 3.96. The monoisotopic (exact) mass is 273 g/mol. The summed E-state index contributed by atoms with van der Waals surface area (Å²) in [5, 5.41) is 7.06. The third-order valence-corrected chi connectivity index (χ3v) is 2.86. The molecule has 1 heterocycles. The Kier molecular flexibility index (Phi) is 3.76. The lowest BCUT2D eigenvalue weighted by atomic mass is 10.2. The zero-order valence-corrected chi connectivity index (χ0v) is 10.0. The molecule has 0 bridgehead atoms. The molecule has 18 heavy (non-hydrogen) atoms. The SMILES string of the molecule is FC(F)(F)Oc1ccc(CNc2ccsc2)cc1. The molecule has 1 aromatic carbocycles.